The molecular weight excluding hydrogens is 258 g/mol. The zero-order valence-electron chi connectivity index (χ0n) is 13.0. The van der Waals surface area contributed by atoms with Crippen LogP contribution in [0.4, 0.5) is 4.79 Å². The first-order valence-corrected chi connectivity index (χ1v) is 7.20. The lowest BCUT2D eigenvalue weighted by atomic mass is 10.2. The Morgan fingerprint density at radius 1 is 1.55 bits per heavy atom. The van der Waals surface area contributed by atoms with E-state index in [1.54, 1.807) is 4.90 Å². The van der Waals surface area contributed by atoms with E-state index in [1.807, 2.05) is 27.7 Å². The van der Waals surface area contributed by atoms with Crippen molar-refractivity contribution >= 4 is 11.9 Å². The summed E-state index contributed by atoms with van der Waals surface area (Å²) in [6, 6.07) is 0.236. The average molecular weight is 285 g/mol. The third-order valence-electron chi connectivity index (χ3n) is 2.87. The fourth-order valence-corrected chi connectivity index (χ4v) is 1.94. The second-order valence-electron chi connectivity index (χ2n) is 6.14. The summed E-state index contributed by atoms with van der Waals surface area (Å²) in [6.07, 6.45) is 1.34. The van der Waals surface area contributed by atoms with Gasteiger partial charge < -0.3 is 15.2 Å². The average Bonchev–Trinajstić information content (AvgIpc) is 2.34. The highest BCUT2D eigenvalue weighted by Crippen LogP contribution is 2.11. The van der Waals surface area contributed by atoms with Gasteiger partial charge in [-0.05, 0) is 40.5 Å². The third-order valence-corrected chi connectivity index (χ3v) is 2.87. The molecule has 1 atom stereocenters. The zero-order chi connectivity index (χ0) is 15.2. The summed E-state index contributed by atoms with van der Waals surface area (Å²) >= 11 is 0. The van der Waals surface area contributed by atoms with E-state index in [4.69, 9.17) is 9.84 Å². The lowest BCUT2D eigenvalue weighted by Gasteiger charge is -2.30. The SMILES string of the molecule is CC(CCCO)NC1=NCCN(C(=O)OC(C)(C)C)C1. The molecule has 1 amide bonds. The molecule has 0 aromatic carbocycles. The summed E-state index contributed by atoms with van der Waals surface area (Å²) in [5, 5.41) is 12.1. The summed E-state index contributed by atoms with van der Waals surface area (Å²) in [4.78, 5) is 18.1. The molecule has 2 N–H and O–H groups in total. The number of aliphatic imine (C=N–C) groups is 1. The number of ether oxygens (including phenoxy) is 1. The lowest BCUT2D eigenvalue weighted by Crippen LogP contribution is -2.48. The van der Waals surface area contributed by atoms with E-state index in [1.165, 1.54) is 0 Å². The summed E-state index contributed by atoms with van der Waals surface area (Å²) in [5.41, 5.74) is -0.478. The monoisotopic (exact) mass is 285 g/mol. The van der Waals surface area contributed by atoms with Crippen molar-refractivity contribution in [1.29, 1.82) is 0 Å². The highest BCUT2D eigenvalue weighted by Gasteiger charge is 2.25. The molecule has 1 aliphatic heterocycles. The van der Waals surface area contributed by atoms with E-state index in [9.17, 15) is 4.79 Å². The molecule has 0 radical (unpaired) electrons. The van der Waals surface area contributed by atoms with E-state index >= 15 is 0 Å². The third kappa shape index (κ3) is 6.23. The zero-order valence-corrected chi connectivity index (χ0v) is 13.0. The van der Waals surface area contributed by atoms with Crippen LogP contribution in [0.1, 0.15) is 40.5 Å². The second-order valence-corrected chi connectivity index (χ2v) is 6.14. The number of carbonyl (C=O) groups is 1. The van der Waals surface area contributed by atoms with Crippen LogP contribution in [-0.2, 0) is 4.74 Å². The van der Waals surface area contributed by atoms with Gasteiger partial charge in [-0.2, -0.15) is 0 Å². The Hall–Kier alpha value is -1.30. The maximum Gasteiger partial charge on any atom is 0.410 e. The van der Waals surface area contributed by atoms with Gasteiger partial charge in [-0.3, -0.25) is 9.89 Å². The van der Waals surface area contributed by atoms with Gasteiger partial charge in [-0.1, -0.05) is 0 Å². The van der Waals surface area contributed by atoms with Crippen LogP contribution in [0.5, 0.6) is 0 Å². The van der Waals surface area contributed by atoms with Gasteiger partial charge in [0.05, 0.1) is 13.1 Å². The van der Waals surface area contributed by atoms with Crippen LogP contribution < -0.4 is 5.32 Å². The molecule has 6 nitrogen and oxygen atoms in total. The first kappa shape index (κ1) is 16.8. The Bertz CT molecular complexity index is 350. The maximum absolute atomic E-state index is 12.0. The van der Waals surface area contributed by atoms with E-state index in [0.29, 0.717) is 19.6 Å². The van der Waals surface area contributed by atoms with Crippen molar-refractivity contribution < 1.29 is 14.6 Å². The van der Waals surface area contributed by atoms with Crippen LogP contribution in [0.25, 0.3) is 0 Å². The standard InChI is InChI=1S/C14H27N3O3/c1-11(6-5-9-18)16-12-10-17(8-7-15-12)13(19)20-14(2,3)4/h11,18H,5-10H2,1-4H3,(H,15,16). The Morgan fingerprint density at radius 3 is 2.85 bits per heavy atom. The first-order valence-electron chi connectivity index (χ1n) is 7.20. The number of rotatable bonds is 4. The predicted molar refractivity (Wildman–Crippen MR) is 79.0 cm³/mol. The molecule has 1 heterocycles. The number of carbonyl (C=O) groups excluding carboxylic acids is 1. The van der Waals surface area contributed by atoms with Gasteiger partial charge in [-0.25, -0.2) is 4.79 Å². The number of amides is 1. The van der Waals surface area contributed by atoms with E-state index < -0.39 is 5.60 Å². The number of aliphatic hydroxyl groups excluding tert-OH is 1. The van der Waals surface area contributed by atoms with Crippen molar-refractivity contribution in [1.82, 2.24) is 10.2 Å². The fourth-order valence-electron chi connectivity index (χ4n) is 1.94. The smallest absolute Gasteiger partial charge is 0.410 e. The van der Waals surface area contributed by atoms with Gasteiger partial charge in [0.25, 0.3) is 0 Å². The molecule has 0 aromatic heterocycles. The first-order chi connectivity index (χ1) is 9.31. The number of nitrogens with one attached hydrogen (secondary N) is 1. The maximum atomic E-state index is 12.0. The van der Waals surface area contributed by atoms with Crippen LogP contribution in [0.3, 0.4) is 0 Å². The highest BCUT2D eigenvalue weighted by molar-refractivity contribution is 5.88. The van der Waals surface area contributed by atoms with Crippen molar-refractivity contribution in [2.75, 3.05) is 26.2 Å². The minimum Gasteiger partial charge on any atom is -0.444 e. The van der Waals surface area contributed by atoms with Crippen molar-refractivity contribution in [2.45, 2.75) is 52.2 Å². The molecule has 0 bridgehead atoms. The molecule has 0 fully saturated rings. The highest BCUT2D eigenvalue weighted by atomic mass is 16.6. The Kier molecular flexibility index (Phi) is 6.26. The van der Waals surface area contributed by atoms with Crippen molar-refractivity contribution in [2.24, 2.45) is 4.99 Å². The summed E-state index contributed by atoms with van der Waals surface area (Å²) in [5.74, 6) is 0.813. The predicted octanol–water partition coefficient (Wildman–Crippen LogP) is 1.39. The Balaban J connectivity index is 2.45. The largest absolute Gasteiger partial charge is 0.444 e. The van der Waals surface area contributed by atoms with Crippen LogP contribution in [0, 0.1) is 0 Å². The Labute approximate surface area is 121 Å². The molecule has 0 saturated heterocycles. The van der Waals surface area contributed by atoms with Gasteiger partial charge in [-0.15, -0.1) is 0 Å². The molecular formula is C14H27N3O3. The van der Waals surface area contributed by atoms with Crippen LogP contribution in [0.2, 0.25) is 0 Å². The van der Waals surface area contributed by atoms with Gasteiger partial charge >= 0.3 is 6.09 Å². The summed E-state index contributed by atoms with van der Waals surface area (Å²) in [7, 11) is 0. The molecule has 0 spiro atoms. The van der Waals surface area contributed by atoms with Crippen molar-refractivity contribution in [3.05, 3.63) is 0 Å². The van der Waals surface area contributed by atoms with E-state index in [2.05, 4.69) is 10.3 Å². The minimum atomic E-state index is -0.478. The second kappa shape index (κ2) is 7.47. The Morgan fingerprint density at radius 2 is 2.25 bits per heavy atom. The molecule has 0 aliphatic carbocycles. The van der Waals surface area contributed by atoms with Gasteiger partial charge in [0.2, 0.25) is 0 Å². The van der Waals surface area contributed by atoms with Crippen LogP contribution in [0.15, 0.2) is 4.99 Å². The van der Waals surface area contributed by atoms with Gasteiger partial charge in [0.1, 0.15) is 11.4 Å². The molecule has 20 heavy (non-hydrogen) atoms. The van der Waals surface area contributed by atoms with Crippen LogP contribution >= 0.6 is 0 Å². The number of hydrogen-bond acceptors (Lipinski definition) is 5. The normalized spacial score (nSPS) is 17.4. The number of amidine groups is 1. The number of hydrogen-bond donors (Lipinski definition) is 2. The molecule has 1 aliphatic rings. The quantitative estimate of drug-likeness (QED) is 0.818. The summed E-state index contributed by atoms with van der Waals surface area (Å²) in [6.45, 7) is 9.46. The molecule has 0 saturated carbocycles. The van der Waals surface area contributed by atoms with Gasteiger partial charge in [0.15, 0.2) is 0 Å². The fraction of sp³-hybridized carbons (Fsp3) is 0.857. The molecule has 1 rings (SSSR count). The van der Waals surface area contributed by atoms with Crippen molar-refractivity contribution in [3.8, 4) is 0 Å². The van der Waals surface area contributed by atoms with E-state index in [-0.39, 0.29) is 18.7 Å². The number of nitrogens with zero attached hydrogens (tertiary/aromatic N) is 2. The van der Waals surface area contributed by atoms with Gasteiger partial charge in [0, 0.05) is 19.2 Å². The molecule has 0 aromatic rings. The minimum absolute atomic E-state index is 0.197. The molecule has 6 heteroatoms. The van der Waals surface area contributed by atoms with Crippen LogP contribution in [-0.4, -0.2) is 59.8 Å². The van der Waals surface area contributed by atoms with Crippen molar-refractivity contribution in [3.63, 3.8) is 0 Å². The number of aliphatic hydroxyl groups is 1. The molecule has 1 unspecified atom stereocenters. The van der Waals surface area contributed by atoms with E-state index in [0.717, 1.165) is 18.7 Å². The topological polar surface area (TPSA) is 74.2 Å². The lowest BCUT2D eigenvalue weighted by molar-refractivity contribution is 0.0276. The summed E-state index contributed by atoms with van der Waals surface area (Å²) < 4.78 is 5.37. The molecule has 116 valence electrons.